The highest BCUT2D eigenvalue weighted by Crippen LogP contribution is 2.28. The molecule has 0 aliphatic heterocycles. The zero-order chi connectivity index (χ0) is 17.2. The van der Waals surface area contributed by atoms with E-state index in [0.717, 1.165) is 26.6 Å². The highest BCUT2D eigenvalue weighted by atomic mass is 79.9. The molecule has 3 aromatic carbocycles. The van der Waals surface area contributed by atoms with Crippen LogP contribution >= 0.6 is 15.9 Å². The van der Waals surface area contributed by atoms with Crippen LogP contribution in [0.5, 0.6) is 5.75 Å². The van der Waals surface area contributed by atoms with Crippen LogP contribution in [0.3, 0.4) is 0 Å². The van der Waals surface area contributed by atoms with Gasteiger partial charge in [0.05, 0.1) is 0 Å². The zero-order valence-electron chi connectivity index (χ0n) is 13.5. The van der Waals surface area contributed by atoms with E-state index in [1.165, 1.54) is 0 Å². The summed E-state index contributed by atoms with van der Waals surface area (Å²) in [5.41, 5.74) is 0.893. The smallest absolute Gasteiger partial charge is 0.257 e. The van der Waals surface area contributed by atoms with E-state index in [0.29, 0.717) is 11.8 Å². The number of fused-ring (bicyclic) bond motifs is 1. The van der Waals surface area contributed by atoms with Crippen LogP contribution in [0.1, 0.15) is 18.9 Å². The van der Waals surface area contributed by atoms with E-state index < -0.39 is 0 Å². The first kappa shape index (κ1) is 15.8. The molecule has 0 bridgehead atoms. The summed E-state index contributed by atoms with van der Waals surface area (Å²) in [5.74, 6) is 1.71. The summed E-state index contributed by atoms with van der Waals surface area (Å²) < 4.78 is 12.8. The monoisotopic (exact) mass is 394 g/mol. The Morgan fingerprint density at radius 1 is 0.920 bits per heavy atom. The molecule has 0 N–H and O–H groups in total. The van der Waals surface area contributed by atoms with Gasteiger partial charge in [-0.2, -0.15) is 0 Å². The fraction of sp³-hybridized carbons (Fsp3) is 0.100. The lowest BCUT2D eigenvalue weighted by molar-refractivity contribution is 0.190. The molecule has 0 aliphatic carbocycles. The van der Waals surface area contributed by atoms with Gasteiger partial charge < -0.3 is 9.15 Å². The summed E-state index contributed by atoms with van der Waals surface area (Å²) in [6.07, 6.45) is -0.335. The van der Waals surface area contributed by atoms with Crippen molar-refractivity contribution < 1.29 is 9.15 Å². The average molecular weight is 395 g/mol. The van der Waals surface area contributed by atoms with Crippen LogP contribution in [-0.2, 0) is 0 Å². The molecule has 25 heavy (non-hydrogen) atoms. The Kier molecular flexibility index (Phi) is 4.24. The summed E-state index contributed by atoms with van der Waals surface area (Å²) >= 11 is 3.48. The molecule has 124 valence electrons. The first-order chi connectivity index (χ1) is 12.2. The normalized spacial score (nSPS) is 12.2. The molecular formula is C20H15BrN2O2. The highest BCUT2D eigenvalue weighted by molar-refractivity contribution is 9.10. The minimum absolute atomic E-state index is 0.335. The fourth-order valence-electron chi connectivity index (χ4n) is 2.62. The molecule has 4 aromatic rings. The number of ether oxygens (including phenoxy) is 1. The molecule has 0 amide bonds. The minimum atomic E-state index is -0.335. The molecule has 1 aromatic heterocycles. The van der Waals surface area contributed by atoms with Crippen molar-refractivity contribution in [3.63, 3.8) is 0 Å². The first-order valence-corrected chi connectivity index (χ1v) is 8.73. The average Bonchev–Trinajstić information content (AvgIpc) is 3.13. The van der Waals surface area contributed by atoms with Crippen LogP contribution in [-0.4, -0.2) is 10.2 Å². The molecule has 5 heteroatoms. The summed E-state index contributed by atoms with van der Waals surface area (Å²) in [6.45, 7) is 1.90. The summed E-state index contributed by atoms with van der Waals surface area (Å²) in [6, 6.07) is 21.8. The standard InChI is InChI=1S/C20H15BrN2O2/c1-13(19-22-23-20(25-19)14-5-3-2-4-6-14)24-18-10-8-15-11-17(21)9-7-16(15)12-18/h2-13H,1H3/t13-/m1/s1. The third kappa shape index (κ3) is 3.42. The van der Waals surface area contributed by atoms with Crippen molar-refractivity contribution in [3.8, 4) is 17.2 Å². The SMILES string of the molecule is C[C@@H](Oc1ccc2cc(Br)ccc2c1)c1nnc(-c2ccccc2)o1. The maximum Gasteiger partial charge on any atom is 0.257 e. The van der Waals surface area contributed by atoms with Crippen molar-refractivity contribution in [2.24, 2.45) is 0 Å². The second-order valence-corrected chi connectivity index (χ2v) is 6.64. The van der Waals surface area contributed by atoms with Crippen LogP contribution in [0.25, 0.3) is 22.2 Å². The van der Waals surface area contributed by atoms with E-state index in [9.17, 15) is 0 Å². The topological polar surface area (TPSA) is 48.2 Å². The Morgan fingerprint density at radius 2 is 1.68 bits per heavy atom. The van der Waals surface area contributed by atoms with Crippen molar-refractivity contribution in [2.75, 3.05) is 0 Å². The molecule has 0 saturated heterocycles. The van der Waals surface area contributed by atoms with Crippen molar-refractivity contribution >= 4 is 26.7 Å². The second kappa shape index (κ2) is 6.69. The van der Waals surface area contributed by atoms with Gasteiger partial charge >= 0.3 is 0 Å². The maximum absolute atomic E-state index is 5.98. The van der Waals surface area contributed by atoms with Gasteiger partial charge in [-0.25, -0.2) is 0 Å². The molecule has 0 spiro atoms. The number of hydrogen-bond donors (Lipinski definition) is 0. The second-order valence-electron chi connectivity index (χ2n) is 5.72. The number of halogens is 1. The molecule has 0 fully saturated rings. The van der Waals surface area contributed by atoms with Crippen LogP contribution < -0.4 is 4.74 Å². The van der Waals surface area contributed by atoms with Gasteiger partial charge in [-0.1, -0.05) is 46.3 Å². The molecule has 4 nitrogen and oxygen atoms in total. The van der Waals surface area contributed by atoms with Gasteiger partial charge in [0, 0.05) is 10.0 Å². The predicted molar refractivity (Wildman–Crippen MR) is 100 cm³/mol. The Morgan fingerprint density at radius 3 is 2.52 bits per heavy atom. The van der Waals surface area contributed by atoms with E-state index in [4.69, 9.17) is 9.15 Å². The molecule has 4 rings (SSSR count). The van der Waals surface area contributed by atoms with Gasteiger partial charge in [-0.15, -0.1) is 10.2 Å². The van der Waals surface area contributed by atoms with E-state index in [1.807, 2.05) is 61.5 Å². The fourth-order valence-corrected chi connectivity index (χ4v) is 3.00. The van der Waals surface area contributed by atoms with Gasteiger partial charge in [0.15, 0.2) is 6.10 Å². The lowest BCUT2D eigenvalue weighted by Crippen LogP contribution is -2.03. The van der Waals surface area contributed by atoms with Gasteiger partial charge in [-0.05, 0) is 54.1 Å². The molecular weight excluding hydrogens is 380 g/mol. The quantitative estimate of drug-likeness (QED) is 0.439. The number of nitrogens with zero attached hydrogens (tertiary/aromatic N) is 2. The summed E-state index contributed by atoms with van der Waals surface area (Å²) in [7, 11) is 0. The van der Waals surface area contributed by atoms with E-state index in [2.05, 4.69) is 38.3 Å². The predicted octanol–water partition coefficient (Wildman–Crippen LogP) is 5.79. The Hall–Kier alpha value is -2.66. The van der Waals surface area contributed by atoms with Crippen LogP contribution in [0.2, 0.25) is 0 Å². The zero-order valence-corrected chi connectivity index (χ0v) is 15.1. The third-order valence-corrected chi connectivity index (χ3v) is 4.39. The van der Waals surface area contributed by atoms with Crippen LogP contribution in [0.15, 0.2) is 75.6 Å². The van der Waals surface area contributed by atoms with Gasteiger partial charge in [0.25, 0.3) is 5.89 Å². The van der Waals surface area contributed by atoms with E-state index in [-0.39, 0.29) is 6.10 Å². The maximum atomic E-state index is 5.98. The number of rotatable bonds is 4. The third-order valence-electron chi connectivity index (χ3n) is 3.90. The van der Waals surface area contributed by atoms with Crippen molar-refractivity contribution in [1.82, 2.24) is 10.2 Å². The van der Waals surface area contributed by atoms with Gasteiger partial charge in [0.2, 0.25) is 5.89 Å². The van der Waals surface area contributed by atoms with Crippen LogP contribution in [0, 0.1) is 0 Å². The van der Waals surface area contributed by atoms with Gasteiger partial charge in [0.1, 0.15) is 5.75 Å². The molecule has 0 unspecified atom stereocenters. The van der Waals surface area contributed by atoms with Gasteiger partial charge in [-0.3, -0.25) is 0 Å². The Bertz CT molecular complexity index is 1010. The number of hydrogen-bond acceptors (Lipinski definition) is 4. The summed E-state index contributed by atoms with van der Waals surface area (Å²) in [4.78, 5) is 0. The lowest BCUT2D eigenvalue weighted by atomic mass is 10.1. The van der Waals surface area contributed by atoms with Crippen LogP contribution in [0.4, 0.5) is 0 Å². The molecule has 0 radical (unpaired) electrons. The minimum Gasteiger partial charge on any atom is -0.481 e. The summed E-state index contributed by atoms with van der Waals surface area (Å²) in [5, 5.41) is 10.5. The van der Waals surface area contributed by atoms with Crippen molar-refractivity contribution in [2.45, 2.75) is 13.0 Å². The Balaban J connectivity index is 1.55. The molecule has 0 aliphatic rings. The first-order valence-electron chi connectivity index (χ1n) is 7.94. The molecule has 1 atom stereocenters. The highest BCUT2D eigenvalue weighted by Gasteiger charge is 2.16. The van der Waals surface area contributed by atoms with E-state index in [1.54, 1.807) is 0 Å². The van der Waals surface area contributed by atoms with E-state index >= 15 is 0 Å². The number of benzene rings is 3. The largest absolute Gasteiger partial charge is 0.481 e. The molecule has 1 heterocycles. The lowest BCUT2D eigenvalue weighted by Gasteiger charge is -2.11. The van der Waals surface area contributed by atoms with Crippen molar-refractivity contribution in [3.05, 3.63) is 77.1 Å². The Labute approximate surface area is 153 Å². The van der Waals surface area contributed by atoms with Crippen molar-refractivity contribution in [1.29, 1.82) is 0 Å². The number of aromatic nitrogens is 2. The molecule has 0 saturated carbocycles.